The Morgan fingerprint density at radius 3 is 3.08 bits per heavy atom. The molecule has 0 bridgehead atoms. The molecule has 13 heavy (non-hydrogen) atoms. The summed E-state index contributed by atoms with van der Waals surface area (Å²) >= 11 is 0. The first-order valence-corrected chi connectivity index (χ1v) is 3.98. The van der Waals surface area contributed by atoms with Crippen molar-refractivity contribution < 1.29 is 0 Å². The van der Waals surface area contributed by atoms with Gasteiger partial charge in [0.2, 0.25) is 0 Å². The Kier molecular flexibility index (Phi) is 1.92. The van der Waals surface area contributed by atoms with Crippen LogP contribution in [-0.4, -0.2) is 11.2 Å². The molecule has 2 aromatic rings. The molecular formula is C10H9N3. The Hall–Kier alpha value is -1.90. The van der Waals surface area contributed by atoms with Gasteiger partial charge in [0.25, 0.3) is 0 Å². The van der Waals surface area contributed by atoms with Crippen LogP contribution in [0.2, 0.25) is 0 Å². The molecule has 1 aromatic heterocycles. The van der Waals surface area contributed by atoms with Gasteiger partial charge in [0, 0.05) is 11.6 Å². The molecule has 0 fully saturated rings. The molecule has 2 N–H and O–H groups in total. The van der Waals surface area contributed by atoms with E-state index in [4.69, 9.17) is 5.84 Å². The minimum absolute atomic E-state index is 0.983. The van der Waals surface area contributed by atoms with Crippen LogP contribution in [0.5, 0.6) is 0 Å². The van der Waals surface area contributed by atoms with Gasteiger partial charge in [-0.3, -0.25) is 4.98 Å². The molecule has 1 aromatic carbocycles. The number of hydrazone groups is 1. The first-order valence-electron chi connectivity index (χ1n) is 3.98. The van der Waals surface area contributed by atoms with Crippen molar-refractivity contribution in [2.75, 3.05) is 0 Å². The highest BCUT2D eigenvalue weighted by Crippen LogP contribution is 2.11. The van der Waals surface area contributed by atoms with Gasteiger partial charge in [-0.2, -0.15) is 5.10 Å². The first-order chi connectivity index (χ1) is 6.40. The quantitative estimate of drug-likeness (QED) is 0.402. The third-order valence-corrected chi connectivity index (χ3v) is 1.85. The predicted octanol–water partition coefficient (Wildman–Crippen LogP) is 1.53. The SMILES string of the molecule is N/N=C/c1ccc2ncccc2c1. The Morgan fingerprint density at radius 2 is 2.23 bits per heavy atom. The van der Waals surface area contributed by atoms with Crippen LogP contribution in [0.15, 0.2) is 41.6 Å². The molecule has 0 atom stereocenters. The molecule has 0 aliphatic carbocycles. The monoisotopic (exact) mass is 171 g/mol. The second-order valence-electron chi connectivity index (χ2n) is 2.73. The second-order valence-corrected chi connectivity index (χ2v) is 2.73. The smallest absolute Gasteiger partial charge is 0.0702 e. The Labute approximate surface area is 75.9 Å². The highest BCUT2D eigenvalue weighted by Gasteiger charge is 1.93. The van der Waals surface area contributed by atoms with Crippen molar-refractivity contribution >= 4 is 17.1 Å². The molecule has 0 aliphatic rings. The van der Waals surface area contributed by atoms with Gasteiger partial charge in [0.05, 0.1) is 11.7 Å². The number of benzene rings is 1. The lowest BCUT2D eigenvalue weighted by Gasteiger charge is -1.96. The maximum Gasteiger partial charge on any atom is 0.0702 e. The number of nitrogens with zero attached hydrogens (tertiary/aromatic N) is 2. The average Bonchev–Trinajstić information content (AvgIpc) is 2.18. The van der Waals surface area contributed by atoms with Crippen molar-refractivity contribution in [3.63, 3.8) is 0 Å². The van der Waals surface area contributed by atoms with E-state index in [9.17, 15) is 0 Å². The van der Waals surface area contributed by atoms with Gasteiger partial charge in [0.15, 0.2) is 0 Å². The Balaban J connectivity index is 2.62. The number of hydrogen-bond acceptors (Lipinski definition) is 3. The topological polar surface area (TPSA) is 51.3 Å². The molecule has 3 heteroatoms. The van der Waals surface area contributed by atoms with Crippen LogP contribution < -0.4 is 5.84 Å². The standard InChI is InChI=1S/C10H9N3/c11-13-7-8-3-4-10-9(6-8)2-1-5-12-10/h1-7H,11H2/b13-7+. The average molecular weight is 171 g/mol. The largest absolute Gasteiger partial charge is 0.323 e. The number of pyridine rings is 1. The van der Waals surface area contributed by atoms with Gasteiger partial charge in [-0.15, -0.1) is 0 Å². The molecule has 64 valence electrons. The normalized spacial score (nSPS) is 11.1. The minimum Gasteiger partial charge on any atom is -0.323 e. The molecule has 0 radical (unpaired) electrons. The molecule has 0 aliphatic heterocycles. The molecule has 0 saturated heterocycles. The molecule has 3 nitrogen and oxygen atoms in total. The van der Waals surface area contributed by atoms with Gasteiger partial charge in [-0.25, -0.2) is 0 Å². The number of fused-ring (bicyclic) bond motifs is 1. The van der Waals surface area contributed by atoms with Crippen molar-refractivity contribution in [2.45, 2.75) is 0 Å². The molecule has 0 spiro atoms. The van der Waals surface area contributed by atoms with Crippen molar-refractivity contribution in [3.05, 3.63) is 42.1 Å². The van der Waals surface area contributed by atoms with Crippen LogP contribution in [0.25, 0.3) is 10.9 Å². The zero-order valence-electron chi connectivity index (χ0n) is 7.01. The lowest BCUT2D eigenvalue weighted by atomic mass is 10.1. The molecule has 2 rings (SSSR count). The van der Waals surface area contributed by atoms with Gasteiger partial charge in [-0.05, 0) is 23.8 Å². The fraction of sp³-hybridized carbons (Fsp3) is 0. The first kappa shape index (κ1) is 7.73. The molecule has 1 heterocycles. The van der Waals surface area contributed by atoms with E-state index in [0.717, 1.165) is 16.5 Å². The zero-order valence-corrected chi connectivity index (χ0v) is 7.01. The van der Waals surface area contributed by atoms with E-state index in [1.165, 1.54) is 0 Å². The summed E-state index contributed by atoms with van der Waals surface area (Å²) in [6, 6.07) is 9.80. The maximum atomic E-state index is 5.06. The van der Waals surface area contributed by atoms with E-state index in [1.54, 1.807) is 12.4 Å². The number of rotatable bonds is 1. The summed E-state index contributed by atoms with van der Waals surface area (Å²) in [5, 5.41) is 4.56. The van der Waals surface area contributed by atoms with E-state index < -0.39 is 0 Å². The van der Waals surface area contributed by atoms with E-state index >= 15 is 0 Å². The lowest BCUT2D eigenvalue weighted by Crippen LogP contribution is -1.86. The number of nitrogens with two attached hydrogens (primary N) is 1. The van der Waals surface area contributed by atoms with Crippen LogP contribution in [0.1, 0.15) is 5.56 Å². The van der Waals surface area contributed by atoms with Gasteiger partial charge < -0.3 is 5.84 Å². The fourth-order valence-corrected chi connectivity index (χ4v) is 1.26. The highest BCUT2D eigenvalue weighted by atomic mass is 15.1. The maximum absolute atomic E-state index is 5.06. The van der Waals surface area contributed by atoms with Crippen LogP contribution >= 0.6 is 0 Å². The summed E-state index contributed by atoms with van der Waals surface area (Å²) in [4.78, 5) is 4.21. The van der Waals surface area contributed by atoms with E-state index in [1.807, 2.05) is 30.3 Å². The number of hydrogen-bond donors (Lipinski definition) is 1. The van der Waals surface area contributed by atoms with Gasteiger partial charge >= 0.3 is 0 Å². The van der Waals surface area contributed by atoms with E-state index in [2.05, 4.69) is 10.1 Å². The van der Waals surface area contributed by atoms with Crippen molar-refractivity contribution in [3.8, 4) is 0 Å². The zero-order chi connectivity index (χ0) is 9.10. The second kappa shape index (κ2) is 3.23. The van der Waals surface area contributed by atoms with Crippen molar-refractivity contribution in [1.29, 1.82) is 0 Å². The fourth-order valence-electron chi connectivity index (χ4n) is 1.26. The molecule has 0 saturated carbocycles. The van der Waals surface area contributed by atoms with Crippen molar-refractivity contribution in [2.24, 2.45) is 10.9 Å². The molecule has 0 amide bonds. The van der Waals surface area contributed by atoms with E-state index in [-0.39, 0.29) is 0 Å². The Bertz CT molecular complexity index is 449. The third-order valence-electron chi connectivity index (χ3n) is 1.85. The minimum atomic E-state index is 0.983. The highest BCUT2D eigenvalue weighted by molar-refractivity contribution is 5.88. The summed E-state index contributed by atoms with van der Waals surface area (Å²) in [6.45, 7) is 0. The van der Waals surface area contributed by atoms with Crippen LogP contribution in [0.4, 0.5) is 0 Å². The lowest BCUT2D eigenvalue weighted by molar-refractivity contribution is 1.26. The summed E-state index contributed by atoms with van der Waals surface area (Å²) in [5.74, 6) is 5.06. The number of aromatic nitrogens is 1. The van der Waals surface area contributed by atoms with E-state index in [0.29, 0.717) is 0 Å². The van der Waals surface area contributed by atoms with Crippen LogP contribution in [0.3, 0.4) is 0 Å². The summed E-state index contributed by atoms with van der Waals surface area (Å²) in [7, 11) is 0. The van der Waals surface area contributed by atoms with Gasteiger partial charge in [0.1, 0.15) is 0 Å². The van der Waals surface area contributed by atoms with Crippen LogP contribution in [0, 0.1) is 0 Å². The van der Waals surface area contributed by atoms with Crippen molar-refractivity contribution in [1.82, 2.24) is 4.98 Å². The van der Waals surface area contributed by atoms with Gasteiger partial charge in [-0.1, -0.05) is 12.1 Å². The molecular weight excluding hydrogens is 162 g/mol. The Morgan fingerprint density at radius 1 is 1.31 bits per heavy atom. The summed E-state index contributed by atoms with van der Waals surface area (Å²) < 4.78 is 0. The predicted molar refractivity (Wildman–Crippen MR) is 53.5 cm³/mol. The summed E-state index contributed by atoms with van der Waals surface area (Å²) in [5.41, 5.74) is 1.97. The molecule has 0 unspecified atom stereocenters. The third kappa shape index (κ3) is 1.49. The summed E-state index contributed by atoms with van der Waals surface area (Å²) in [6.07, 6.45) is 3.39. The van der Waals surface area contributed by atoms with Crippen LogP contribution in [-0.2, 0) is 0 Å².